The topological polar surface area (TPSA) is 56.5 Å². The van der Waals surface area contributed by atoms with Crippen molar-refractivity contribution in [2.24, 2.45) is 5.92 Å². The van der Waals surface area contributed by atoms with Gasteiger partial charge in [-0.15, -0.1) is 0 Å². The van der Waals surface area contributed by atoms with Gasteiger partial charge in [0.25, 0.3) is 0 Å². The molecule has 0 amide bonds. The maximum atomic E-state index is 11.7. The van der Waals surface area contributed by atoms with E-state index in [2.05, 4.69) is 13.2 Å². The molecule has 1 atom stereocenters. The van der Waals surface area contributed by atoms with E-state index in [1.165, 1.54) is 13.2 Å². The number of aldehydes is 1. The van der Waals surface area contributed by atoms with Crippen molar-refractivity contribution in [3.63, 3.8) is 0 Å². The molecule has 0 N–H and O–H groups in total. The van der Waals surface area contributed by atoms with Crippen LogP contribution in [0.4, 0.5) is 0 Å². The van der Waals surface area contributed by atoms with E-state index in [0.717, 1.165) is 11.9 Å². The van der Waals surface area contributed by atoms with Crippen LogP contribution in [0.3, 0.4) is 0 Å². The van der Waals surface area contributed by atoms with E-state index in [9.17, 15) is 9.59 Å². The van der Waals surface area contributed by atoms with Crippen LogP contribution in [0, 0.1) is 5.92 Å². The third-order valence-electron chi connectivity index (χ3n) is 2.94. The van der Waals surface area contributed by atoms with Gasteiger partial charge in [0.1, 0.15) is 23.4 Å². The van der Waals surface area contributed by atoms with Crippen molar-refractivity contribution in [2.45, 2.75) is 19.8 Å². The van der Waals surface area contributed by atoms with Crippen LogP contribution < -0.4 is 0 Å². The minimum atomic E-state index is -0.460. The molecule has 1 aromatic rings. The molecule has 1 heterocycles. The highest BCUT2D eigenvalue weighted by Crippen LogP contribution is 2.24. The fraction of sp³-hybridized carbons (Fsp3) is 0.333. The summed E-state index contributed by atoms with van der Waals surface area (Å²) >= 11 is 0. The number of carbonyl (C=O) groups is 2. The molecule has 0 aliphatic rings. The standard InChI is InChI=1S/C15H18O4/c1-5-12-9-13(15(17)18-4)14(19-12)8-11(6-7-16)10(2)3/h5,7,9,11H,1-2,6,8H2,3-4H3/t11-/m1/s1. The zero-order valence-corrected chi connectivity index (χ0v) is 11.3. The summed E-state index contributed by atoms with van der Waals surface area (Å²) < 4.78 is 10.2. The SMILES string of the molecule is C=Cc1cc(C(=O)OC)c(C[C@@H](CC=O)C(=C)C)o1. The number of furan rings is 1. The Labute approximate surface area is 112 Å². The molecule has 4 heteroatoms. The van der Waals surface area contributed by atoms with Crippen LogP contribution in [0.15, 0.2) is 29.2 Å². The molecule has 0 unspecified atom stereocenters. The first-order valence-corrected chi connectivity index (χ1v) is 5.96. The van der Waals surface area contributed by atoms with Gasteiger partial charge in [-0.1, -0.05) is 18.7 Å². The number of hydrogen-bond acceptors (Lipinski definition) is 4. The number of ether oxygens (including phenoxy) is 1. The average Bonchev–Trinajstić information content (AvgIpc) is 2.80. The van der Waals surface area contributed by atoms with E-state index in [4.69, 9.17) is 9.15 Å². The first-order chi connectivity index (χ1) is 9.03. The first kappa shape index (κ1) is 15.0. The Morgan fingerprint density at radius 1 is 1.58 bits per heavy atom. The zero-order chi connectivity index (χ0) is 14.4. The van der Waals surface area contributed by atoms with E-state index in [1.54, 1.807) is 6.07 Å². The number of esters is 1. The molecule has 0 fully saturated rings. The maximum Gasteiger partial charge on any atom is 0.341 e. The summed E-state index contributed by atoms with van der Waals surface area (Å²) in [6.07, 6.45) is 3.15. The Morgan fingerprint density at radius 2 is 2.26 bits per heavy atom. The minimum Gasteiger partial charge on any atom is -0.465 e. The molecule has 0 spiro atoms. The lowest BCUT2D eigenvalue weighted by Gasteiger charge is -2.12. The van der Waals surface area contributed by atoms with Gasteiger partial charge in [-0.2, -0.15) is 0 Å². The molecule has 19 heavy (non-hydrogen) atoms. The van der Waals surface area contributed by atoms with Crippen molar-refractivity contribution < 1.29 is 18.7 Å². The van der Waals surface area contributed by atoms with E-state index in [0.29, 0.717) is 29.9 Å². The Balaban J connectivity index is 3.06. The second-order valence-electron chi connectivity index (χ2n) is 4.33. The highest BCUT2D eigenvalue weighted by atomic mass is 16.5. The van der Waals surface area contributed by atoms with E-state index in [1.807, 2.05) is 6.92 Å². The van der Waals surface area contributed by atoms with Crippen molar-refractivity contribution in [1.82, 2.24) is 0 Å². The van der Waals surface area contributed by atoms with Gasteiger partial charge in [0.15, 0.2) is 0 Å². The molecule has 0 aliphatic heterocycles. The predicted molar refractivity (Wildman–Crippen MR) is 72.8 cm³/mol. The van der Waals surface area contributed by atoms with Crippen molar-refractivity contribution in [2.75, 3.05) is 7.11 Å². The van der Waals surface area contributed by atoms with Crippen LogP contribution in [-0.4, -0.2) is 19.4 Å². The van der Waals surface area contributed by atoms with Crippen molar-refractivity contribution in [1.29, 1.82) is 0 Å². The Hall–Kier alpha value is -2.10. The summed E-state index contributed by atoms with van der Waals surface area (Å²) in [5.41, 5.74) is 1.24. The lowest BCUT2D eigenvalue weighted by atomic mass is 9.93. The highest BCUT2D eigenvalue weighted by Gasteiger charge is 2.21. The van der Waals surface area contributed by atoms with Gasteiger partial charge in [0.05, 0.1) is 7.11 Å². The summed E-state index contributed by atoms with van der Waals surface area (Å²) in [5, 5.41) is 0. The largest absolute Gasteiger partial charge is 0.465 e. The van der Waals surface area contributed by atoms with E-state index in [-0.39, 0.29) is 5.92 Å². The molecule has 1 aromatic heterocycles. The Bertz CT molecular complexity index is 496. The van der Waals surface area contributed by atoms with Gasteiger partial charge in [-0.3, -0.25) is 0 Å². The predicted octanol–water partition coefficient (Wildman–Crippen LogP) is 3.03. The van der Waals surface area contributed by atoms with Gasteiger partial charge < -0.3 is 13.9 Å². The van der Waals surface area contributed by atoms with Gasteiger partial charge in [-0.05, 0) is 25.0 Å². The fourth-order valence-corrected chi connectivity index (χ4v) is 1.78. The molecule has 0 saturated carbocycles. The third kappa shape index (κ3) is 3.68. The zero-order valence-electron chi connectivity index (χ0n) is 11.3. The summed E-state index contributed by atoms with van der Waals surface area (Å²) in [6, 6.07) is 1.59. The lowest BCUT2D eigenvalue weighted by molar-refractivity contribution is -0.108. The number of hydrogen-bond donors (Lipinski definition) is 0. The lowest BCUT2D eigenvalue weighted by Crippen LogP contribution is -2.10. The highest BCUT2D eigenvalue weighted by molar-refractivity contribution is 5.91. The van der Waals surface area contributed by atoms with Gasteiger partial charge in [0, 0.05) is 12.8 Å². The van der Waals surface area contributed by atoms with Crippen LogP contribution in [0.25, 0.3) is 6.08 Å². The Kier molecular flexibility index (Phi) is 5.30. The summed E-state index contributed by atoms with van der Waals surface area (Å²) in [5.74, 6) is 0.488. The van der Waals surface area contributed by atoms with Crippen LogP contribution in [0.1, 0.15) is 35.2 Å². The quantitative estimate of drug-likeness (QED) is 0.430. The second kappa shape index (κ2) is 6.73. The molecule has 0 aromatic carbocycles. The van der Waals surface area contributed by atoms with E-state index < -0.39 is 5.97 Å². The van der Waals surface area contributed by atoms with Gasteiger partial charge in [-0.25, -0.2) is 4.79 Å². The monoisotopic (exact) mass is 262 g/mol. The van der Waals surface area contributed by atoms with Crippen LogP contribution in [0.2, 0.25) is 0 Å². The number of methoxy groups -OCH3 is 1. The molecular formula is C15H18O4. The molecule has 0 aliphatic carbocycles. The smallest absolute Gasteiger partial charge is 0.341 e. The van der Waals surface area contributed by atoms with Crippen molar-refractivity contribution in [3.05, 3.63) is 41.9 Å². The number of rotatable bonds is 7. The second-order valence-corrected chi connectivity index (χ2v) is 4.33. The van der Waals surface area contributed by atoms with Crippen LogP contribution in [0.5, 0.6) is 0 Å². The number of allylic oxidation sites excluding steroid dienone is 1. The van der Waals surface area contributed by atoms with Gasteiger partial charge >= 0.3 is 5.97 Å². The molecule has 102 valence electrons. The third-order valence-corrected chi connectivity index (χ3v) is 2.94. The fourth-order valence-electron chi connectivity index (χ4n) is 1.78. The summed E-state index contributed by atoms with van der Waals surface area (Å²) in [7, 11) is 1.31. The molecule has 4 nitrogen and oxygen atoms in total. The van der Waals surface area contributed by atoms with Crippen molar-refractivity contribution >= 4 is 18.3 Å². The summed E-state index contributed by atoms with van der Waals surface area (Å²) in [4.78, 5) is 22.3. The molecule has 0 saturated heterocycles. The maximum absolute atomic E-state index is 11.7. The van der Waals surface area contributed by atoms with Gasteiger partial charge in [0.2, 0.25) is 0 Å². The average molecular weight is 262 g/mol. The minimum absolute atomic E-state index is 0.0512. The molecule has 0 bridgehead atoms. The van der Waals surface area contributed by atoms with Crippen molar-refractivity contribution in [3.8, 4) is 0 Å². The molecule has 1 rings (SSSR count). The molecule has 0 radical (unpaired) electrons. The normalized spacial score (nSPS) is 11.7. The molecular weight excluding hydrogens is 244 g/mol. The van der Waals surface area contributed by atoms with Crippen LogP contribution in [-0.2, 0) is 16.0 Å². The van der Waals surface area contributed by atoms with Crippen LogP contribution >= 0.6 is 0 Å². The number of carbonyl (C=O) groups excluding carboxylic acids is 2. The first-order valence-electron chi connectivity index (χ1n) is 5.96. The summed E-state index contributed by atoms with van der Waals surface area (Å²) in [6.45, 7) is 9.31. The van der Waals surface area contributed by atoms with E-state index >= 15 is 0 Å². The Morgan fingerprint density at radius 3 is 2.74 bits per heavy atom.